The highest BCUT2D eigenvalue weighted by atomic mass is 35.5. The predicted octanol–water partition coefficient (Wildman–Crippen LogP) is 6.51. The van der Waals surface area contributed by atoms with Crippen molar-refractivity contribution in [1.82, 2.24) is 4.57 Å². The quantitative estimate of drug-likeness (QED) is 0.493. The first-order valence-electron chi connectivity index (χ1n) is 9.48. The van der Waals surface area contributed by atoms with Crippen LogP contribution in [0.5, 0.6) is 0 Å². The van der Waals surface area contributed by atoms with E-state index in [2.05, 4.69) is 63.6 Å². The van der Waals surface area contributed by atoms with Crippen LogP contribution in [-0.4, -0.2) is 10.4 Å². The predicted molar refractivity (Wildman–Crippen MR) is 115 cm³/mol. The number of hydrogen-bond acceptors (Lipinski definition) is 1. The van der Waals surface area contributed by atoms with Crippen molar-refractivity contribution in [3.05, 3.63) is 69.9 Å². The normalized spacial score (nSPS) is 11.9. The molecule has 1 heterocycles. The Labute approximate surface area is 167 Å². The first-order valence-corrected chi connectivity index (χ1v) is 9.86. The minimum atomic E-state index is 0.0310. The second-order valence-corrected chi connectivity index (χ2v) is 9.19. The van der Waals surface area contributed by atoms with Crippen molar-refractivity contribution in [3.63, 3.8) is 0 Å². The molecule has 27 heavy (non-hydrogen) atoms. The molecule has 1 aromatic heterocycles. The van der Waals surface area contributed by atoms with Gasteiger partial charge in [0.05, 0.1) is 0 Å². The van der Waals surface area contributed by atoms with Crippen molar-refractivity contribution in [1.29, 1.82) is 0 Å². The molecule has 0 radical (unpaired) electrons. The Morgan fingerprint density at radius 1 is 1.11 bits per heavy atom. The first-order chi connectivity index (χ1) is 12.6. The molecule has 142 valence electrons. The lowest BCUT2D eigenvalue weighted by atomic mass is 9.86. The van der Waals surface area contributed by atoms with Crippen LogP contribution >= 0.6 is 11.6 Å². The van der Waals surface area contributed by atoms with Crippen LogP contribution in [0, 0.1) is 19.3 Å². The molecule has 3 rings (SSSR count). The summed E-state index contributed by atoms with van der Waals surface area (Å²) in [5, 5.41) is 1.98. The third-order valence-electron chi connectivity index (χ3n) is 5.04. The van der Waals surface area contributed by atoms with Crippen LogP contribution < -0.4 is 0 Å². The molecular formula is C24H28ClNO. The number of Topliss-reactive ketones (excluding diaryl/α,β-unsaturated/α-hetero) is 1. The van der Waals surface area contributed by atoms with Gasteiger partial charge in [-0.2, -0.15) is 0 Å². The lowest BCUT2D eigenvalue weighted by Crippen LogP contribution is -2.15. The highest BCUT2D eigenvalue weighted by molar-refractivity contribution is 6.30. The van der Waals surface area contributed by atoms with Gasteiger partial charge in [0.25, 0.3) is 0 Å². The largest absolute Gasteiger partial charge is 0.343 e. The lowest BCUT2D eigenvalue weighted by molar-refractivity contribution is -0.120. The second-order valence-electron chi connectivity index (χ2n) is 8.76. The Balaban J connectivity index is 1.93. The summed E-state index contributed by atoms with van der Waals surface area (Å²) in [6.45, 7) is 11.4. The summed E-state index contributed by atoms with van der Waals surface area (Å²) in [6.07, 6.45) is 3.25. The summed E-state index contributed by atoms with van der Waals surface area (Å²) in [5.41, 5.74) is 6.00. The van der Waals surface area contributed by atoms with E-state index in [4.69, 9.17) is 11.6 Å². The number of rotatable bonds is 5. The van der Waals surface area contributed by atoms with Gasteiger partial charge in [-0.05, 0) is 65.8 Å². The zero-order chi connectivity index (χ0) is 19.8. The molecule has 2 aromatic carbocycles. The molecule has 0 aliphatic heterocycles. The molecule has 0 unspecified atom stereocenters. The Hall–Kier alpha value is -2.06. The summed E-state index contributed by atoms with van der Waals surface area (Å²) in [7, 11) is 0. The maximum atomic E-state index is 12.5. The zero-order valence-corrected chi connectivity index (χ0v) is 17.7. The molecular weight excluding hydrogens is 354 g/mol. The molecule has 0 saturated heterocycles. The fraction of sp³-hybridized carbons (Fsp3) is 0.375. The van der Waals surface area contributed by atoms with E-state index in [1.165, 1.54) is 33.2 Å². The van der Waals surface area contributed by atoms with Gasteiger partial charge < -0.3 is 4.57 Å². The lowest BCUT2D eigenvalue weighted by Gasteiger charge is -2.18. The number of carbonyl (C=O) groups is 1. The number of ketones is 1. The molecule has 0 amide bonds. The van der Waals surface area contributed by atoms with Crippen molar-refractivity contribution in [2.75, 3.05) is 0 Å². The van der Waals surface area contributed by atoms with E-state index in [1.54, 1.807) is 0 Å². The number of nitrogens with zero attached hydrogens (tertiary/aromatic N) is 1. The minimum absolute atomic E-state index is 0.0310. The van der Waals surface area contributed by atoms with Crippen LogP contribution in [0.25, 0.3) is 10.9 Å². The van der Waals surface area contributed by atoms with E-state index in [0.717, 1.165) is 11.6 Å². The number of aryl methyl sites for hydroxylation is 2. The SMILES string of the molecule is Cc1cc2c(ccn2Cc2cccc(Cl)c2)c(C)c1CC(=O)CC(C)(C)C. The van der Waals surface area contributed by atoms with Gasteiger partial charge in [0, 0.05) is 41.5 Å². The van der Waals surface area contributed by atoms with Crippen molar-refractivity contribution in [3.8, 4) is 0 Å². The summed E-state index contributed by atoms with van der Waals surface area (Å²) in [5.74, 6) is 0.311. The fourth-order valence-corrected chi connectivity index (χ4v) is 4.02. The molecule has 0 fully saturated rings. The Bertz CT molecular complexity index is 992. The molecule has 3 aromatic rings. The standard InChI is InChI=1S/C24H28ClNO/c1-16-11-23-21(17(2)22(16)13-20(27)14-24(3,4)5)9-10-26(23)15-18-7-6-8-19(25)12-18/h6-12H,13-15H2,1-5H3. The summed E-state index contributed by atoms with van der Waals surface area (Å²) in [4.78, 5) is 12.5. The molecule has 3 heteroatoms. The molecule has 0 aliphatic rings. The molecule has 0 bridgehead atoms. The van der Waals surface area contributed by atoms with E-state index in [1.807, 2.05) is 18.2 Å². The first kappa shape index (κ1) is 19.7. The van der Waals surface area contributed by atoms with E-state index >= 15 is 0 Å². The van der Waals surface area contributed by atoms with Crippen molar-refractivity contribution in [2.24, 2.45) is 5.41 Å². The van der Waals surface area contributed by atoms with Gasteiger partial charge in [0.15, 0.2) is 0 Å². The maximum Gasteiger partial charge on any atom is 0.137 e. The van der Waals surface area contributed by atoms with Crippen LogP contribution in [-0.2, 0) is 17.8 Å². The number of hydrogen-bond donors (Lipinski definition) is 0. The third-order valence-corrected chi connectivity index (χ3v) is 5.27. The fourth-order valence-electron chi connectivity index (χ4n) is 3.81. The van der Waals surface area contributed by atoms with E-state index in [-0.39, 0.29) is 5.41 Å². The smallest absolute Gasteiger partial charge is 0.137 e. The van der Waals surface area contributed by atoms with Gasteiger partial charge in [-0.15, -0.1) is 0 Å². The highest BCUT2D eigenvalue weighted by Crippen LogP contribution is 2.29. The average Bonchev–Trinajstić information content (AvgIpc) is 2.92. The van der Waals surface area contributed by atoms with Crippen LogP contribution in [0.3, 0.4) is 0 Å². The molecule has 0 saturated carbocycles. The van der Waals surface area contributed by atoms with Gasteiger partial charge in [-0.3, -0.25) is 4.79 Å². The van der Waals surface area contributed by atoms with Gasteiger partial charge in [-0.1, -0.05) is 44.5 Å². The minimum Gasteiger partial charge on any atom is -0.343 e. The summed E-state index contributed by atoms with van der Waals surface area (Å²) in [6, 6.07) is 12.4. The third kappa shape index (κ3) is 4.62. The zero-order valence-electron chi connectivity index (χ0n) is 16.9. The Kier molecular flexibility index (Phi) is 5.48. The maximum absolute atomic E-state index is 12.5. The molecule has 2 nitrogen and oxygen atoms in total. The van der Waals surface area contributed by atoms with Crippen molar-refractivity contribution < 1.29 is 4.79 Å². The van der Waals surface area contributed by atoms with Crippen LogP contribution in [0.4, 0.5) is 0 Å². The van der Waals surface area contributed by atoms with E-state index in [9.17, 15) is 4.79 Å². The van der Waals surface area contributed by atoms with Gasteiger partial charge in [0.2, 0.25) is 0 Å². The van der Waals surface area contributed by atoms with Gasteiger partial charge >= 0.3 is 0 Å². The van der Waals surface area contributed by atoms with Crippen molar-refractivity contribution in [2.45, 2.75) is 54.0 Å². The number of aromatic nitrogens is 1. The average molecular weight is 382 g/mol. The molecule has 0 atom stereocenters. The van der Waals surface area contributed by atoms with E-state index < -0.39 is 0 Å². The van der Waals surface area contributed by atoms with Gasteiger partial charge in [0.1, 0.15) is 5.78 Å². The monoisotopic (exact) mass is 381 g/mol. The number of halogens is 1. The van der Waals surface area contributed by atoms with Crippen LogP contribution in [0.2, 0.25) is 5.02 Å². The number of fused-ring (bicyclic) bond motifs is 1. The van der Waals surface area contributed by atoms with E-state index in [0.29, 0.717) is 18.6 Å². The molecule has 0 N–H and O–H groups in total. The molecule has 0 spiro atoms. The number of carbonyl (C=O) groups excluding carboxylic acids is 1. The summed E-state index contributed by atoms with van der Waals surface area (Å²) >= 11 is 6.13. The topological polar surface area (TPSA) is 22.0 Å². The molecule has 0 aliphatic carbocycles. The Morgan fingerprint density at radius 3 is 2.52 bits per heavy atom. The summed E-state index contributed by atoms with van der Waals surface area (Å²) < 4.78 is 2.25. The van der Waals surface area contributed by atoms with Crippen LogP contribution in [0.1, 0.15) is 49.4 Å². The van der Waals surface area contributed by atoms with Crippen molar-refractivity contribution >= 4 is 28.3 Å². The second kappa shape index (κ2) is 7.52. The van der Waals surface area contributed by atoms with Crippen LogP contribution in [0.15, 0.2) is 42.6 Å². The number of benzene rings is 2. The highest BCUT2D eigenvalue weighted by Gasteiger charge is 2.19. The van der Waals surface area contributed by atoms with Gasteiger partial charge in [-0.25, -0.2) is 0 Å². The Morgan fingerprint density at radius 2 is 1.85 bits per heavy atom.